The van der Waals surface area contributed by atoms with E-state index in [0.717, 1.165) is 19.3 Å². The van der Waals surface area contributed by atoms with Gasteiger partial charge in [-0.25, -0.2) is 4.79 Å². The van der Waals surface area contributed by atoms with Gasteiger partial charge in [0.15, 0.2) is 0 Å². The zero-order chi connectivity index (χ0) is 7.40. The van der Waals surface area contributed by atoms with Crippen LogP contribution in [0, 0.1) is 0 Å². The molecule has 58 valence electrons. The van der Waals surface area contributed by atoms with E-state index in [1.807, 2.05) is 0 Å². The molecular weight excluding hydrogens is 132 g/mol. The maximum absolute atomic E-state index is 10.5. The largest absolute Gasteiger partial charge is 0.345 e. The number of rotatable bonds is 3. The molecule has 0 aromatic rings. The minimum absolute atomic E-state index is 0.0208. The first-order valence-electron chi connectivity index (χ1n) is 3.69. The summed E-state index contributed by atoms with van der Waals surface area (Å²) in [6.07, 6.45) is 3.62. The van der Waals surface area contributed by atoms with E-state index in [9.17, 15) is 4.79 Å². The van der Waals surface area contributed by atoms with Crippen molar-refractivity contribution in [3.05, 3.63) is 0 Å². The molecule has 1 saturated heterocycles. The maximum Gasteiger partial charge on any atom is 0.345 e. The molecule has 0 spiro atoms. The average Bonchev–Trinajstić information content (AvgIpc) is 2.31. The number of hydrogen-bond acceptors (Lipinski definition) is 3. The third kappa shape index (κ3) is 1.99. The number of carbonyl (C=O) groups is 1. The lowest BCUT2D eigenvalue weighted by molar-refractivity contribution is -0.262. The molecule has 3 nitrogen and oxygen atoms in total. The third-order valence-electron chi connectivity index (χ3n) is 1.55. The Balaban J connectivity index is 2.12. The fourth-order valence-corrected chi connectivity index (χ4v) is 0.958. The van der Waals surface area contributed by atoms with Crippen LogP contribution in [-0.4, -0.2) is 12.1 Å². The molecule has 1 atom stereocenters. The molecule has 0 saturated carbocycles. The Morgan fingerprint density at radius 2 is 2.50 bits per heavy atom. The van der Waals surface area contributed by atoms with Gasteiger partial charge in [-0.15, -0.1) is 0 Å². The first-order valence-corrected chi connectivity index (χ1v) is 3.69. The molecule has 1 aliphatic heterocycles. The molecular formula is C7H12O3. The molecule has 10 heavy (non-hydrogen) atoms. The first kappa shape index (κ1) is 7.54. The van der Waals surface area contributed by atoms with Crippen molar-refractivity contribution in [2.75, 3.05) is 0 Å². The molecule has 0 amide bonds. The van der Waals surface area contributed by atoms with Crippen LogP contribution < -0.4 is 0 Å². The summed E-state index contributed by atoms with van der Waals surface area (Å²) in [5.74, 6) is -0.235. The van der Waals surface area contributed by atoms with Gasteiger partial charge in [-0.2, -0.15) is 4.89 Å². The highest BCUT2D eigenvalue weighted by Gasteiger charge is 2.24. The summed E-state index contributed by atoms with van der Waals surface area (Å²) >= 11 is 0. The molecule has 3 heteroatoms. The van der Waals surface area contributed by atoms with Gasteiger partial charge in [0.2, 0.25) is 0 Å². The Hall–Kier alpha value is -0.570. The predicted molar refractivity (Wildman–Crippen MR) is 35.1 cm³/mol. The molecule has 0 N–H and O–H groups in total. The van der Waals surface area contributed by atoms with E-state index in [2.05, 4.69) is 11.8 Å². The molecule has 0 bridgehead atoms. The molecule has 1 heterocycles. The first-order chi connectivity index (χ1) is 4.83. The van der Waals surface area contributed by atoms with Gasteiger partial charge < -0.3 is 0 Å². The highest BCUT2D eigenvalue weighted by atomic mass is 17.2. The van der Waals surface area contributed by atoms with Gasteiger partial charge >= 0.3 is 5.97 Å². The van der Waals surface area contributed by atoms with E-state index >= 15 is 0 Å². The van der Waals surface area contributed by atoms with Crippen molar-refractivity contribution >= 4 is 5.97 Å². The van der Waals surface area contributed by atoms with Gasteiger partial charge in [0.25, 0.3) is 0 Å². The van der Waals surface area contributed by atoms with Crippen molar-refractivity contribution < 1.29 is 14.6 Å². The molecule has 0 aromatic heterocycles. The van der Waals surface area contributed by atoms with Crippen LogP contribution in [0.25, 0.3) is 0 Å². The minimum atomic E-state index is -0.235. The molecule has 1 unspecified atom stereocenters. The second-order valence-electron chi connectivity index (χ2n) is 2.52. The lowest BCUT2D eigenvalue weighted by atomic mass is 10.1. The molecule has 1 rings (SSSR count). The Morgan fingerprint density at radius 3 is 3.00 bits per heavy atom. The van der Waals surface area contributed by atoms with Crippen molar-refractivity contribution in [3.8, 4) is 0 Å². The summed E-state index contributed by atoms with van der Waals surface area (Å²) in [6, 6.07) is 0. The van der Waals surface area contributed by atoms with E-state index in [1.54, 1.807) is 0 Å². The smallest absolute Gasteiger partial charge is 0.298 e. The molecule has 0 radical (unpaired) electrons. The van der Waals surface area contributed by atoms with Crippen molar-refractivity contribution in [3.63, 3.8) is 0 Å². The lowest BCUT2D eigenvalue weighted by Crippen LogP contribution is -2.03. The van der Waals surface area contributed by atoms with E-state index < -0.39 is 0 Å². The summed E-state index contributed by atoms with van der Waals surface area (Å²) < 4.78 is 0. The fraction of sp³-hybridized carbons (Fsp3) is 0.857. The van der Waals surface area contributed by atoms with Gasteiger partial charge in [-0.3, -0.25) is 4.89 Å². The van der Waals surface area contributed by atoms with Crippen LogP contribution in [0.4, 0.5) is 0 Å². The second kappa shape index (κ2) is 3.56. The van der Waals surface area contributed by atoms with E-state index in [4.69, 9.17) is 4.89 Å². The summed E-state index contributed by atoms with van der Waals surface area (Å²) in [7, 11) is 0. The zero-order valence-electron chi connectivity index (χ0n) is 6.13. The van der Waals surface area contributed by atoms with Crippen LogP contribution in [0.3, 0.4) is 0 Å². The lowest BCUT2D eigenvalue weighted by Gasteiger charge is -2.01. The van der Waals surface area contributed by atoms with Gasteiger partial charge in [-0.1, -0.05) is 19.8 Å². The number of hydrogen-bond donors (Lipinski definition) is 0. The molecule has 1 fully saturated rings. The predicted octanol–water partition coefficient (Wildman–Crippen LogP) is 1.42. The monoisotopic (exact) mass is 144 g/mol. The molecule has 0 aromatic carbocycles. The van der Waals surface area contributed by atoms with Crippen LogP contribution in [-0.2, 0) is 14.6 Å². The highest BCUT2D eigenvalue weighted by molar-refractivity contribution is 5.70. The topological polar surface area (TPSA) is 35.5 Å². The highest BCUT2D eigenvalue weighted by Crippen LogP contribution is 2.15. The fourth-order valence-electron chi connectivity index (χ4n) is 0.958. The quantitative estimate of drug-likeness (QED) is 0.562. The van der Waals surface area contributed by atoms with E-state index in [1.165, 1.54) is 0 Å². The Bertz CT molecular complexity index is 122. The van der Waals surface area contributed by atoms with E-state index in [0.29, 0.717) is 6.42 Å². The summed E-state index contributed by atoms with van der Waals surface area (Å²) in [5, 5.41) is 0. The molecule has 0 aliphatic carbocycles. The zero-order valence-corrected chi connectivity index (χ0v) is 6.13. The van der Waals surface area contributed by atoms with Crippen molar-refractivity contribution in [2.45, 2.75) is 38.7 Å². The minimum Gasteiger partial charge on any atom is -0.298 e. The van der Waals surface area contributed by atoms with Crippen LogP contribution in [0.1, 0.15) is 32.6 Å². The van der Waals surface area contributed by atoms with Gasteiger partial charge in [-0.05, 0) is 6.42 Å². The van der Waals surface area contributed by atoms with Crippen LogP contribution in [0.15, 0.2) is 0 Å². The van der Waals surface area contributed by atoms with Gasteiger partial charge in [0.1, 0.15) is 6.10 Å². The van der Waals surface area contributed by atoms with Gasteiger partial charge in [0, 0.05) is 0 Å². The normalized spacial score (nSPS) is 24.9. The molecule has 1 aliphatic rings. The number of unbranched alkanes of at least 4 members (excludes halogenated alkanes) is 1. The van der Waals surface area contributed by atoms with Crippen molar-refractivity contribution in [1.29, 1.82) is 0 Å². The summed E-state index contributed by atoms with van der Waals surface area (Å²) in [6.45, 7) is 2.11. The number of carbonyl (C=O) groups excluding carboxylic acids is 1. The van der Waals surface area contributed by atoms with Crippen LogP contribution in [0.5, 0.6) is 0 Å². The summed E-state index contributed by atoms with van der Waals surface area (Å²) in [4.78, 5) is 19.5. The van der Waals surface area contributed by atoms with E-state index in [-0.39, 0.29) is 12.1 Å². The summed E-state index contributed by atoms with van der Waals surface area (Å²) in [5.41, 5.74) is 0. The standard InChI is InChI=1S/C7H12O3/c1-2-3-4-6-5-7(8)10-9-6/h6H,2-5H2,1H3. The maximum atomic E-state index is 10.5. The SMILES string of the molecule is CCCCC1CC(=O)OO1. The van der Waals surface area contributed by atoms with Crippen LogP contribution >= 0.6 is 0 Å². The van der Waals surface area contributed by atoms with Crippen molar-refractivity contribution in [1.82, 2.24) is 0 Å². The third-order valence-corrected chi connectivity index (χ3v) is 1.55. The Labute approximate surface area is 60.2 Å². The van der Waals surface area contributed by atoms with Crippen molar-refractivity contribution in [2.24, 2.45) is 0 Å². The Morgan fingerprint density at radius 1 is 1.70 bits per heavy atom. The Kier molecular flexibility index (Phi) is 2.68. The average molecular weight is 144 g/mol. The van der Waals surface area contributed by atoms with Gasteiger partial charge in [0.05, 0.1) is 6.42 Å². The van der Waals surface area contributed by atoms with Crippen LogP contribution in [0.2, 0.25) is 0 Å². The second-order valence-corrected chi connectivity index (χ2v) is 2.52.